The molecule has 0 fully saturated rings. The Morgan fingerprint density at radius 3 is 2.50 bits per heavy atom. The van der Waals surface area contributed by atoms with Crippen molar-refractivity contribution in [2.75, 3.05) is 12.4 Å². The topological polar surface area (TPSA) is 75.6 Å². The van der Waals surface area contributed by atoms with E-state index in [1.807, 2.05) is 0 Å². The lowest BCUT2D eigenvalue weighted by Crippen LogP contribution is -2.08. The van der Waals surface area contributed by atoms with Gasteiger partial charge in [-0.25, -0.2) is 4.79 Å². The Labute approximate surface area is 101 Å². The molecule has 0 aliphatic carbocycles. The Bertz CT molecular complexity index is 445. The molecule has 0 unspecified atom stereocenters. The van der Waals surface area contributed by atoms with Crippen LogP contribution in [-0.2, 0) is 4.79 Å². The predicted molar refractivity (Wildman–Crippen MR) is 62.0 cm³/mol. The first kappa shape index (κ1) is 12.5. The molecule has 2 N–H and O–H groups in total. The number of hydrogen-bond acceptors (Lipinski definition) is 3. The zero-order valence-electron chi connectivity index (χ0n) is 8.70. The fourth-order valence-corrected chi connectivity index (χ4v) is 1.62. The Balaban J connectivity index is 3.25. The average Bonchev–Trinajstić information content (AvgIpc) is 2.19. The van der Waals surface area contributed by atoms with Crippen LogP contribution in [0.2, 0.25) is 0 Å². The maximum absolute atomic E-state index is 10.9. The number of nitrogens with one attached hydrogen (secondary N) is 1. The summed E-state index contributed by atoms with van der Waals surface area (Å²) in [6.07, 6.45) is 0. The molecular formula is C10H10BrNO4. The number of carboxylic acids is 1. The van der Waals surface area contributed by atoms with Gasteiger partial charge in [-0.2, -0.15) is 0 Å². The predicted octanol–water partition coefficient (Wildman–Crippen LogP) is 2.11. The number of carboxylic acid groups (broad SMARTS) is 1. The molecule has 0 atom stereocenters. The number of aromatic carboxylic acids is 1. The summed E-state index contributed by atoms with van der Waals surface area (Å²) in [4.78, 5) is 21.8. The molecule has 86 valence electrons. The number of benzene rings is 1. The largest absolute Gasteiger partial charge is 0.496 e. The third-order valence-corrected chi connectivity index (χ3v) is 2.49. The molecule has 1 rings (SSSR count). The maximum atomic E-state index is 10.9. The van der Waals surface area contributed by atoms with Crippen LogP contribution in [0.3, 0.4) is 0 Å². The number of hydrogen-bond donors (Lipinski definition) is 2. The summed E-state index contributed by atoms with van der Waals surface area (Å²) in [5, 5.41) is 11.5. The number of ether oxygens (including phenoxy) is 1. The van der Waals surface area contributed by atoms with E-state index >= 15 is 0 Å². The molecule has 1 amide bonds. The van der Waals surface area contributed by atoms with Crippen LogP contribution in [0.1, 0.15) is 17.3 Å². The number of carbonyl (C=O) groups is 2. The second kappa shape index (κ2) is 4.98. The fraction of sp³-hybridized carbons (Fsp3) is 0.200. The van der Waals surface area contributed by atoms with Gasteiger partial charge in [0.25, 0.3) is 0 Å². The second-order valence-corrected chi connectivity index (χ2v) is 3.87. The van der Waals surface area contributed by atoms with Crippen LogP contribution in [-0.4, -0.2) is 24.1 Å². The lowest BCUT2D eigenvalue weighted by atomic mass is 10.2. The number of rotatable bonds is 3. The van der Waals surface area contributed by atoms with Crippen molar-refractivity contribution in [3.63, 3.8) is 0 Å². The number of methoxy groups -OCH3 is 1. The van der Waals surface area contributed by atoms with Crippen molar-refractivity contribution in [3.05, 3.63) is 22.2 Å². The molecule has 0 spiro atoms. The molecular weight excluding hydrogens is 278 g/mol. The SMILES string of the molecule is COc1cc(NC(C)=O)c(Br)cc1C(=O)O. The van der Waals surface area contributed by atoms with Crippen molar-refractivity contribution in [1.82, 2.24) is 0 Å². The molecule has 0 saturated carbocycles. The van der Waals surface area contributed by atoms with Crippen molar-refractivity contribution >= 4 is 33.5 Å². The van der Waals surface area contributed by atoms with E-state index in [0.29, 0.717) is 10.2 Å². The van der Waals surface area contributed by atoms with Crippen molar-refractivity contribution in [2.45, 2.75) is 6.92 Å². The van der Waals surface area contributed by atoms with Gasteiger partial charge in [-0.05, 0) is 22.0 Å². The van der Waals surface area contributed by atoms with E-state index in [9.17, 15) is 9.59 Å². The van der Waals surface area contributed by atoms with E-state index < -0.39 is 5.97 Å². The van der Waals surface area contributed by atoms with Gasteiger partial charge in [0.05, 0.1) is 12.8 Å². The molecule has 0 radical (unpaired) electrons. The van der Waals surface area contributed by atoms with Gasteiger partial charge in [0.15, 0.2) is 0 Å². The summed E-state index contributed by atoms with van der Waals surface area (Å²) in [5.41, 5.74) is 0.498. The van der Waals surface area contributed by atoms with Crippen LogP contribution in [0.25, 0.3) is 0 Å². The van der Waals surface area contributed by atoms with Gasteiger partial charge in [-0.3, -0.25) is 4.79 Å². The molecule has 0 heterocycles. The highest BCUT2D eigenvalue weighted by Gasteiger charge is 2.14. The highest BCUT2D eigenvalue weighted by atomic mass is 79.9. The van der Waals surface area contributed by atoms with Gasteiger partial charge in [0.2, 0.25) is 5.91 Å². The molecule has 1 aromatic rings. The zero-order valence-corrected chi connectivity index (χ0v) is 10.3. The number of amides is 1. The Kier molecular flexibility index (Phi) is 3.89. The van der Waals surface area contributed by atoms with Gasteiger partial charge in [0.1, 0.15) is 11.3 Å². The Hall–Kier alpha value is -1.56. The zero-order chi connectivity index (χ0) is 12.3. The first-order valence-corrected chi connectivity index (χ1v) is 5.13. The van der Waals surface area contributed by atoms with Crippen LogP contribution >= 0.6 is 15.9 Å². The van der Waals surface area contributed by atoms with Crippen LogP contribution in [0.4, 0.5) is 5.69 Å². The molecule has 1 aromatic carbocycles. The first-order valence-electron chi connectivity index (χ1n) is 4.34. The molecule has 0 saturated heterocycles. The van der Waals surface area contributed by atoms with E-state index in [0.717, 1.165) is 0 Å². The summed E-state index contributed by atoms with van der Waals surface area (Å²) in [5.74, 6) is -1.14. The highest BCUT2D eigenvalue weighted by Crippen LogP contribution is 2.31. The van der Waals surface area contributed by atoms with Gasteiger partial charge in [-0.1, -0.05) is 0 Å². The summed E-state index contributed by atoms with van der Waals surface area (Å²) in [6, 6.07) is 2.83. The minimum atomic E-state index is -1.09. The summed E-state index contributed by atoms with van der Waals surface area (Å²) >= 11 is 3.17. The van der Waals surface area contributed by atoms with Crippen LogP contribution in [0.5, 0.6) is 5.75 Å². The van der Waals surface area contributed by atoms with Crippen molar-refractivity contribution in [1.29, 1.82) is 0 Å². The quantitative estimate of drug-likeness (QED) is 0.893. The Morgan fingerprint density at radius 2 is 2.06 bits per heavy atom. The maximum Gasteiger partial charge on any atom is 0.339 e. The molecule has 0 aliphatic heterocycles. The second-order valence-electron chi connectivity index (χ2n) is 3.02. The van der Waals surface area contributed by atoms with E-state index in [4.69, 9.17) is 9.84 Å². The van der Waals surface area contributed by atoms with Crippen molar-refractivity contribution in [2.24, 2.45) is 0 Å². The van der Waals surface area contributed by atoms with Gasteiger partial charge >= 0.3 is 5.97 Å². The summed E-state index contributed by atoms with van der Waals surface area (Å²) < 4.78 is 5.42. The van der Waals surface area contributed by atoms with Crippen LogP contribution in [0.15, 0.2) is 16.6 Å². The average molecular weight is 288 g/mol. The molecule has 0 aliphatic rings. The number of carbonyl (C=O) groups excluding carboxylic acids is 1. The van der Waals surface area contributed by atoms with E-state index in [1.165, 1.54) is 26.2 Å². The first-order chi connectivity index (χ1) is 7.45. The van der Waals surface area contributed by atoms with Gasteiger partial charge in [0, 0.05) is 17.5 Å². The van der Waals surface area contributed by atoms with Crippen molar-refractivity contribution in [3.8, 4) is 5.75 Å². The number of halogens is 1. The monoisotopic (exact) mass is 287 g/mol. The smallest absolute Gasteiger partial charge is 0.339 e. The van der Waals surface area contributed by atoms with E-state index in [2.05, 4.69) is 21.2 Å². The lowest BCUT2D eigenvalue weighted by molar-refractivity contribution is -0.114. The fourth-order valence-electron chi connectivity index (χ4n) is 1.17. The summed E-state index contributed by atoms with van der Waals surface area (Å²) in [6.45, 7) is 1.37. The van der Waals surface area contributed by atoms with Crippen LogP contribution in [0, 0.1) is 0 Å². The number of anilines is 1. The summed E-state index contributed by atoms with van der Waals surface area (Å²) in [7, 11) is 1.37. The van der Waals surface area contributed by atoms with Gasteiger partial charge in [-0.15, -0.1) is 0 Å². The lowest BCUT2D eigenvalue weighted by Gasteiger charge is -2.10. The highest BCUT2D eigenvalue weighted by molar-refractivity contribution is 9.10. The normalized spacial score (nSPS) is 9.69. The van der Waals surface area contributed by atoms with Gasteiger partial charge < -0.3 is 15.2 Å². The molecule has 0 bridgehead atoms. The minimum Gasteiger partial charge on any atom is -0.496 e. The standard InChI is InChI=1S/C10H10BrNO4/c1-5(13)12-8-4-9(16-2)6(10(14)15)3-7(8)11/h3-4H,1-2H3,(H,12,13)(H,14,15). The van der Waals surface area contributed by atoms with Crippen LogP contribution < -0.4 is 10.1 Å². The third kappa shape index (κ3) is 2.73. The molecule has 16 heavy (non-hydrogen) atoms. The van der Waals surface area contributed by atoms with E-state index in [1.54, 1.807) is 0 Å². The Morgan fingerprint density at radius 1 is 1.44 bits per heavy atom. The minimum absolute atomic E-state index is 0.0310. The molecule has 0 aromatic heterocycles. The molecule has 5 nitrogen and oxygen atoms in total. The van der Waals surface area contributed by atoms with E-state index in [-0.39, 0.29) is 17.2 Å². The van der Waals surface area contributed by atoms with Crippen molar-refractivity contribution < 1.29 is 19.4 Å². The third-order valence-electron chi connectivity index (χ3n) is 1.83. The molecule has 6 heteroatoms.